The normalized spacial score (nSPS) is 20.4. The molecule has 0 spiro atoms. The van der Waals surface area contributed by atoms with E-state index in [2.05, 4.69) is 22.1 Å². The second kappa shape index (κ2) is 10.9. The molecule has 184 valence electrons. The van der Waals surface area contributed by atoms with Crippen LogP contribution >= 0.6 is 0 Å². The van der Waals surface area contributed by atoms with Gasteiger partial charge in [-0.1, -0.05) is 30.7 Å². The highest BCUT2D eigenvalue weighted by Gasteiger charge is 2.43. The summed E-state index contributed by atoms with van der Waals surface area (Å²) < 4.78 is 46.5. The summed E-state index contributed by atoms with van der Waals surface area (Å²) in [6.07, 6.45) is 7.60. The van der Waals surface area contributed by atoms with Gasteiger partial charge >= 0.3 is 0 Å². The number of ether oxygens (including phenoxy) is 1. The molecule has 1 aromatic heterocycles. The van der Waals surface area contributed by atoms with Crippen molar-refractivity contribution < 1.29 is 23.0 Å². The van der Waals surface area contributed by atoms with E-state index in [0.29, 0.717) is 37.4 Å². The smallest absolute Gasteiger partial charge is 0.283 e. The molecular weight excluding hydrogens is 443 g/mol. The quantitative estimate of drug-likeness (QED) is 0.455. The van der Waals surface area contributed by atoms with Crippen molar-refractivity contribution in [2.75, 3.05) is 26.4 Å². The van der Waals surface area contributed by atoms with E-state index in [4.69, 9.17) is 4.74 Å². The van der Waals surface area contributed by atoms with Crippen LogP contribution in [0.5, 0.6) is 5.88 Å². The van der Waals surface area contributed by atoms with Crippen LogP contribution in [0.25, 0.3) is 5.57 Å². The van der Waals surface area contributed by atoms with Crippen molar-refractivity contribution >= 4 is 5.57 Å². The molecular formula is C26H32F3N3O2. The fourth-order valence-electron chi connectivity index (χ4n) is 5.01. The summed E-state index contributed by atoms with van der Waals surface area (Å²) in [5.74, 6) is -2.83. The first-order valence-electron chi connectivity index (χ1n) is 12.0. The van der Waals surface area contributed by atoms with E-state index in [1.807, 2.05) is 19.1 Å². The van der Waals surface area contributed by atoms with E-state index < -0.39 is 25.1 Å². The van der Waals surface area contributed by atoms with Crippen LogP contribution in [0.1, 0.15) is 61.9 Å². The first kappa shape index (κ1) is 24.7. The van der Waals surface area contributed by atoms with Crippen LogP contribution in [-0.2, 0) is 6.42 Å². The van der Waals surface area contributed by atoms with E-state index in [0.717, 1.165) is 24.8 Å². The summed E-state index contributed by atoms with van der Waals surface area (Å²) >= 11 is 0. The maximum Gasteiger partial charge on any atom is 0.283 e. The molecule has 0 amide bonds. The van der Waals surface area contributed by atoms with Gasteiger partial charge in [0.15, 0.2) is 0 Å². The number of halogens is 3. The van der Waals surface area contributed by atoms with Crippen LogP contribution in [-0.4, -0.2) is 58.4 Å². The maximum absolute atomic E-state index is 14.3. The Kier molecular flexibility index (Phi) is 7.88. The zero-order valence-electron chi connectivity index (χ0n) is 19.5. The Morgan fingerprint density at radius 2 is 1.91 bits per heavy atom. The van der Waals surface area contributed by atoms with Crippen molar-refractivity contribution in [1.29, 1.82) is 0 Å². The Hall–Kier alpha value is -2.45. The van der Waals surface area contributed by atoms with Crippen molar-refractivity contribution in [3.63, 3.8) is 0 Å². The van der Waals surface area contributed by atoms with Gasteiger partial charge in [-0.25, -0.2) is 13.8 Å². The lowest BCUT2D eigenvalue weighted by molar-refractivity contribution is -0.0860. The summed E-state index contributed by atoms with van der Waals surface area (Å²) in [4.78, 5) is 10.7. The molecule has 0 radical (unpaired) electrons. The number of fused-ring (bicyclic) bond motifs is 2. The topological polar surface area (TPSA) is 58.5 Å². The third-order valence-corrected chi connectivity index (χ3v) is 6.69. The zero-order valence-corrected chi connectivity index (χ0v) is 19.5. The highest BCUT2D eigenvalue weighted by Crippen LogP contribution is 2.48. The Morgan fingerprint density at radius 1 is 1.12 bits per heavy atom. The molecule has 0 bridgehead atoms. The summed E-state index contributed by atoms with van der Waals surface area (Å²) in [5.41, 5.74) is 5.25. The van der Waals surface area contributed by atoms with Crippen molar-refractivity contribution in [3.8, 4) is 5.88 Å². The third kappa shape index (κ3) is 5.44. The predicted octanol–water partition coefficient (Wildman–Crippen LogP) is 5.16. The largest absolute Gasteiger partial charge is 0.477 e. The predicted molar refractivity (Wildman–Crippen MR) is 125 cm³/mol. The van der Waals surface area contributed by atoms with Crippen LogP contribution in [0.15, 0.2) is 42.2 Å². The van der Waals surface area contributed by atoms with Gasteiger partial charge in [-0.2, -0.15) is 0 Å². The van der Waals surface area contributed by atoms with E-state index in [1.54, 1.807) is 17.3 Å². The molecule has 2 aliphatic rings. The van der Waals surface area contributed by atoms with Gasteiger partial charge in [-0.05, 0) is 61.3 Å². The van der Waals surface area contributed by atoms with Crippen molar-refractivity contribution in [2.45, 2.75) is 63.5 Å². The number of aliphatic hydroxyl groups is 1. The minimum atomic E-state index is -3.21. The monoisotopic (exact) mass is 475 g/mol. The minimum absolute atomic E-state index is 0.158. The summed E-state index contributed by atoms with van der Waals surface area (Å²) in [6, 6.07) is 7.56. The zero-order chi connectivity index (χ0) is 24.1. The molecule has 0 saturated heterocycles. The fraction of sp³-hybridized carbons (Fsp3) is 0.538. The number of aromatic nitrogens is 2. The molecule has 1 aliphatic carbocycles. The lowest BCUT2D eigenvalue weighted by Crippen LogP contribution is -2.48. The second-order valence-electron chi connectivity index (χ2n) is 9.21. The van der Waals surface area contributed by atoms with Crippen molar-refractivity contribution in [1.82, 2.24) is 14.9 Å². The molecule has 2 atom stereocenters. The van der Waals surface area contributed by atoms with Gasteiger partial charge in [0.2, 0.25) is 5.88 Å². The van der Waals surface area contributed by atoms with E-state index >= 15 is 0 Å². The van der Waals surface area contributed by atoms with Gasteiger partial charge in [0.25, 0.3) is 5.92 Å². The molecule has 8 heteroatoms. The van der Waals surface area contributed by atoms with Crippen molar-refractivity contribution in [3.05, 3.63) is 59.1 Å². The molecule has 1 aromatic carbocycles. The van der Waals surface area contributed by atoms with E-state index in [1.165, 1.54) is 16.7 Å². The number of unbranched alkanes of at least 4 members (excludes halogenated alkanes) is 3. The third-order valence-electron chi connectivity index (χ3n) is 6.69. The summed E-state index contributed by atoms with van der Waals surface area (Å²) in [7, 11) is 0. The molecule has 2 heterocycles. The minimum Gasteiger partial charge on any atom is -0.477 e. The molecule has 34 heavy (non-hydrogen) atoms. The molecule has 1 N–H and O–H groups in total. The van der Waals surface area contributed by atoms with Gasteiger partial charge in [-0.15, -0.1) is 0 Å². The van der Waals surface area contributed by atoms with Crippen LogP contribution < -0.4 is 4.74 Å². The first-order chi connectivity index (χ1) is 16.4. The fourth-order valence-corrected chi connectivity index (χ4v) is 5.01. The molecule has 2 aromatic rings. The van der Waals surface area contributed by atoms with Crippen LogP contribution in [0.3, 0.4) is 0 Å². The number of hydrogen-bond acceptors (Lipinski definition) is 5. The number of alkyl halides is 3. The number of benzene rings is 1. The highest BCUT2D eigenvalue weighted by atomic mass is 19.3. The number of rotatable bonds is 11. The molecule has 0 fully saturated rings. The number of hydrogen-bond donors (Lipinski definition) is 1. The molecule has 0 unspecified atom stereocenters. The number of nitrogens with zero attached hydrogens (tertiary/aromatic N) is 3. The van der Waals surface area contributed by atoms with Gasteiger partial charge < -0.3 is 9.84 Å². The Morgan fingerprint density at radius 3 is 2.65 bits per heavy atom. The summed E-state index contributed by atoms with van der Waals surface area (Å²) in [5, 5.41) is 9.23. The van der Waals surface area contributed by atoms with E-state index in [9.17, 15) is 18.3 Å². The Labute approximate surface area is 198 Å². The molecule has 4 rings (SSSR count). The standard InChI is InChI=1S/C26H32F3N3O2/c1-18-12-21-20-9-5-4-8-19(20)13-22(21)25(32(18)16-26(28,29)17-33)23-14-31-24(15-30-23)34-11-7-3-2-6-10-27/h4-5,8-9,14-15,18,25,33H,2-3,6-7,10-13,16-17H2,1H3/t18-,25+/m1/s1. The molecule has 0 saturated carbocycles. The summed E-state index contributed by atoms with van der Waals surface area (Å²) in [6.45, 7) is 0.372. The van der Waals surface area contributed by atoms with Crippen LogP contribution in [0.2, 0.25) is 0 Å². The SMILES string of the molecule is C[C@@H]1CC2=C(Cc3ccccc32)[C@@H](c2cnc(OCCCCCCF)cn2)N1CC(F)(F)CO. The lowest BCUT2D eigenvalue weighted by atomic mass is 9.87. The lowest BCUT2D eigenvalue weighted by Gasteiger charge is -2.42. The average molecular weight is 476 g/mol. The van der Waals surface area contributed by atoms with Crippen LogP contribution in [0.4, 0.5) is 13.2 Å². The Balaban J connectivity index is 1.56. The second-order valence-corrected chi connectivity index (χ2v) is 9.21. The average Bonchev–Trinajstić information content (AvgIpc) is 3.20. The molecule has 1 aliphatic heterocycles. The van der Waals surface area contributed by atoms with E-state index in [-0.39, 0.29) is 12.7 Å². The van der Waals surface area contributed by atoms with Crippen molar-refractivity contribution in [2.24, 2.45) is 0 Å². The molecule has 5 nitrogen and oxygen atoms in total. The maximum atomic E-state index is 14.3. The Bertz CT molecular complexity index is 997. The van der Waals surface area contributed by atoms with Gasteiger partial charge in [0.05, 0.1) is 44.0 Å². The van der Waals surface area contributed by atoms with Gasteiger partial charge in [0.1, 0.15) is 6.61 Å². The first-order valence-corrected chi connectivity index (χ1v) is 12.0. The van der Waals surface area contributed by atoms with Gasteiger partial charge in [-0.3, -0.25) is 14.3 Å². The van der Waals surface area contributed by atoms with Gasteiger partial charge in [0, 0.05) is 6.04 Å². The number of aliphatic hydroxyl groups excluding tert-OH is 1. The highest BCUT2D eigenvalue weighted by molar-refractivity contribution is 5.78. The van der Waals surface area contributed by atoms with Crippen LogP contribution in [0, 0.1) is 0 Å².